The SMILES string of the molecule is O=C(CC(=O)Oc1ccc(-c2ccc(C(F)(F)F)cc2)c(F)c1)Oc1ccc(-c2ccc(C(F)(F)F)cc2)c(F)c1. The van der Waals surface area contributed by atoms with Crippen LogP contribution in [0.5, 0.6) is 11.5 Å². The quantitative estimate of drug-likeness (QED) is 0.0998. The summed E-state index contributed by atoms with van der Waals surface area (Å²) in [7, 11) is 0. The number of benzene rings is 4. The third-order valence-electron chi connectivity index (χ3n) is 5.68. The normalized spacial score (nSPS) is 11.7. The molecule has 4 rings (SSSR count). The van der Waals surface area contributed by atoms with Crippen LogP contribution in [-0.2, 0) is 21.9 Å². The lowest BCUT2D eigenvalue weighted by Crippen LogP contribution is -2.18. The first-order chi connectivity index (χ1) is 19.2. The highest BCUT2D eigenvalue weighted by Crippen LogP contribution is 2.34. The second-order valence-electron chi connectivity index (χ2n) is 8.56. The molecule has 4 aromatic rings. The maximum absolute atomic E-state index is 14.5. The highest BCUT2D eigenvalue weighted by atomic mass is 19.4. The Morgan fingerprint density at radius 2 is 0.878 bits per heavy atom. The molecule has 41 heavy (non-hydrogen) atoms. The Morgan fingerprint density at radius 1 is 0.537 bits per heavy atom. The Kier molecular flexibility index (Phi) is 8.13. The van der Waals surface area contributed by atoms with Crippen LogP contribution in [0.15, 0.2) is 84.9 Å². The molecule has 0 aliphatic carbocycles. The minimum absolute atomic E-state index is 0.0558. The largest absolute Gasteiger partial charge is 0.426 e. The Hall–Kier alpha value is -4.74. The summed E-state index contributed by atoms with van der Waals surface area (Å²) in [6.45, 7) is 0. The van der Waals surface area contributed by atoms with Crippen LogP contribution in [0.3, 0.4) is 0 Å². The summed E-state index contributed by atoms with van der Waals surface area (Å²) in [6, 6.07) is 13.9. The summed E-state index contributed by atoms with van der Waals surface area (Å²) in [5, 5.41) is 0. The van der Waals surface area contributed by atoms with Crippen LogP contribution in [0, 0.1) is 11.6 Å². The van der Waals surface area contributed by atoms with Crippen LogP contribution < -0.4 is 9.47 Å². The fraction of sp³-hybridized carbons (Fsp3) is 0.103. The fourth-order valence-electron chi connectivity index (χ4n) is 3.72. The minimum atomic E-state index is -4.55. The topological polar surface area (TPSA) is 52.6 Å². The Bertz CT molecular complexity index is 1460. The van der Waals surface area contributed by atoms with Gasteiger partial charge in [0.1, 0.15) is 29.6 Å². The van der Waals surface area contributed by atoms with Gasteiger partial charge in [-0.25, -0.2) is 8.78 Å². The van der Waals surface area contributed by atoms with Gasteiger partial charge in [0.2, 0.25) is 0 Å². The fourth-order valence-corrected chi connectivity index (χ4v) is 3.72. The van der Waals surface area contributed by atoms with Crippen molar-refractivity contribution in [1.82, 2.24) is 0 Å². The highest BCUT2D eigenvalue weighted by Gasteiger charge is 2.31. The molecule has 212 valence electrons. The molecule has 0 aliphatic rings. The lowest BCUT2D eigenvalue weighted by molar-refractivity contribution is -0.144. The van der Waals surface area contributed by atoms with Gasteiger partial charge in [-0.2, -0.15) is 26.3 Å². The summed E-state index contributed by atoms with van der Waals surface area (Å²) in [5.41, 5.74) is -1.63. The van der Waals surface area contributed by atoms with E-state index in [0.717, 1.165) is 60.7 Å². The van der Waals surface area contributed by atoms with Crippen molar-refractivity contribution < 1.29 is 54.2 Å². The third-order valence-corrected chi connectivity index (χ3v) is 5.68. The molecule has 0 unspecified atom stereocenters. The van der Waals surface area contributed by atoms with E-state index in [1.54, 1.807) is 0 Å². The maximum Gasteiger partial charge on any atom is 0.416 e. The molecule has 0 amide bonds. The summed E-state index contributed by atoms with van der Waals surface area (Å²) in [5.74, 6) is -4.66. The molecule has 0 radical (unpaired) electrons. The van der Waals surface area contributed by atoms with Crippen LogP contribution >= 0.6 is 0 Å². The van der Waals surface area contributed by atoms with Crippen molar-refractivity contribution in [3.05, 3.63) is 108 Å². The van der Waals surface area contributed by atoms with E-state index >= 15 is 0 Å². The van der Waals surface area contributed by atoms with E-state index in [9.17, 15) is 44.7 Å². The van der Waals surface area contributed by atoms with Gasteiger partial charge in [0, 0.05) is 23.3 Å². The van der Waals surface area contributed by atoms with Gasteiger partial charge in [-0.15, -0.1) is 0 Å². The zero-order valence-electron chi connectivity index (χ0n) is 20.4. The van der Waals surface area contributed by atoms with Crippen LogP contribution in [0.25, 0.3) is 22.3 Å². The molecule has 12 heteroatoms. The standard InChI is InChI=1S/C29H16F8O4/c30-24-13-20(9-11-22(24)16-1-5-18(6-2-16)28(32,33)34)40-26(38)15-27(39)41-21-10-12-23(25(31)14-21)17-3-7-19(8-4-17)29(35,36)37/h1-14H,15H2. The van der Waals surface area contributed by atoms with Crippen molar-refractivity contribution in [2.24, 2.45) is 0 Å². The van der Waals surface area contributed by atoms with Gasteiger partial charge < -0.3 is 9.47 Å². The minimum Gasteiger partial charge on any atom is -0.426 e. The molecule has 0 saturated heterocycles. The van der Waals surface area contributed by atoms with Crippen molar-refractivity contribution in [2.45, 2.75) is 18.8 Å². The average molecular weight is 580 g/mol. The van der Waals surface area contributed by atoms with Crippen molar-refractivity contribution in [2.75, 3.05) is 0 Å². The molecule has 0 fully saturated rings. The lowest BCUT2D eigenvalue weighted by atomic mass is 10.0. The zero-order valence-corrected chi connectivity index (χ0v) is 20.4. The monoisotopic (exact) mass is 580 g/mol. The summed E-state index contributed by atoms with van der Waals surface area (Å²) in [4.78, 5) is 24.2. The molecule has 0 saturated carbocycles. The van der Waals surface area contributed by atoms with Crippen LogP contribution in [0.1, 0.15) is 17.5 Å². The summed E-state index contributed by atoms with van der Waals surface area (Å²) >= 11 is 0. The maximum atomic E-state index is 14.5. The first-order valence-electron chi connectivity index (χ1n) is 11.6. The molecule has 0 aromatic heterocycles. The van der Waals surface area contributed by atoms with Crippen molar-refractivity contribution in [3.8, 4) is 33.8 Å². The molecular weight excluding hydrogens is 564 g/mol. The van der Waals surface area contributed by atoms with E-state index in [2.05, 4.69) is 0 Å². The van der Waals surface area contributed by atoms with Gasteiger partial charge in [0.15, 0.2) is 0 Å². The molecule has 0 heterocycles. The van der Waals surface area contributed by atoms with Crippen molar-refractivity contribution >= 4 is 11.9 Å². The Labute approximate surface area is 226 Å². The lowest BCUT2D eigenvalue weighted by Gasteiger charge is -2.10. The predicted octanol–water partition coefficient (Wildman–Crippen LogP) is 8.24. The molecule has 0 atom stereocenters. The van der Waals surface area contributed by atoms with Crippen LogP contribution in [-0.4, -0.2) is 11.9 Å². The summed E-state index contributed by atoms with van der Waals surface area (Å²) < 4.78 is 115. The number of hydrogen-bond acceptors (Lipinski definition) is 4. The molecule has 0 N–H and O–H groups in total. The van der Waals surface area contributed by atoms with E-state index in [4.69, 9.17) is 9.47 Å². The number of carbonyl (C=O) groups excluding carboxylic acids is 2. The second-order valence-corrected chi connectivity index (χ2v) is 8.56. The number of carbonyl (C=O) groups is 2. The van der Waals surface area contributed by atoms with E-state index < -0.39 is 53.5 Å². The number of alkyl halides is 6. The first kappa shape index (κ1) is 29.2. The van der Waals surface area contributed by atoms with Crippen LogP contribution in [0.2, 0.25) is 0 Å². The van der Waals surface area contributed by atoms with E-state index in [1.165, 1.54) is 24.3 Å². The molecule has 0 bridgehead atoms. The Morgan fingerprint density at radius 3 is 1.17 bits per heavy atom. The van der Waals surface area contributed by atoms with Gasteiger partial charge >= 0.3 is 24.3 Å². The molecule has 4 aromatic carbocycles. The van der Waals surface area contributed by atoms with Crippen molar-refractivity contribution in [1.29, 1.82) is 0 Å². The number of ether oxygens (including phenoxy) is 2. The van der Waals surface area contributed by atoms with E-state index in [-0.39, 0.29) is 33.8 Å². The smallest absolute Gasteiger partial charge is 0.416 e. The van der Waals surface area contributed by atoms with E-state index in [1.807, 2.05) is 0 Å². The summed E-state index contributed by atoms with van der Waals surface area (Å²) in [6.07, 6.45) is -10.0. The van der Waals surface area contributed by atoms with Gasteiger partial charge in [-0.1, -0.05) is 24.3 Å². The van der Waals surface area contributed by atoms with Crippen molar-refractivity contribution in [3.63, 3.8) is 0 Å². The molecule has 0 aliphatic heterocycles. The number of halogens is 8. The van der Waals surface area contributed by atoms with Gasteiger partial charge in [0.05, 0.1) is 11.1 Å². The Balaban J connectivity index is 1.35. The zero-order chi connectivity index (χ0) is 29.9. The number of rotatable bonds is 6. The highest BCUT2D eigenvalue weighted by molar-refractivity contribution is 5.93. The molecule has 0 spiro atoms. The molecule has 4 nitrogen and oxygen atoms in total. The third kappa shape index (κ3) is 7.27. The predicted molar refractivity (Wildman–Crippen MR) is 130 cm³/mol. The molecular formula is C29H16F8O4. The number of hydrogen-bond donors (Lipinski definition) is 0. The average Bonchev–Trinajstić information content (AvgIpc) is 2.88. The number of esters is 2. The van der Waals surface area contributed by atoms with E-state index in [0.29, 0.717) is 0 Å². The van der Waals surface area contributed by atoms with Gasteiger partial charge in [-0.05, 0) is 59.7 Å². The first-order valence-corrected chi connectivity index (χ1v) is 11.6. The second kappa shape index (κ2) is 11.4. The van der Waals surface area contributed by atoms with Crippen LogP contribution in [0.4, 0.5) is 35.1 Å². The van der Waals surface area contributed by atoms with Gasteiger partial charge in [-0.3, -0.25) is 9.59 Å². The van der Waals surface area contributed by atoms with Gasteiger partial charge in [0.25, 0.3) is 0 Å².